The Morgan fingerprint density at radius 2 is 1.86 bits per heavy atom. The molecule has 0 aromatic heterocycles. The Morgan fingerprint density at radius 3 is 2.46 bits per heavy atom. The van der Waals surface area contributed by atoms with Gasteiger partial charge in [-0.25, -0.2) is 26.3 Å². The van der Waals surface area contributed by atoms with Crippen LogP contribution in [0.2, 0.25) is 5.02 Å². The quantitative estimate of drug-likeness (QED) is 0.541. The van der Waals surface area contributed by atoms with Gasteiger partial charge >= 0.3 is 0 Å². The SMILES string of the molecule is CS(=O)(=O)NC(=O)c1cc(C2CC2)c(OCC2(F)CCN(Cc3cc(F)cc(Cl)c3)CC2)cc1F. The maximum absolute atomic E-state index is 15.5. The first kappa shape index (κ1) is 25.8. The van der Waals surface area contributed by atoms with Crippen molar-refractivity contribution in [2.45, 2.75) is 43.8 Å². The van der Waals surface area contributed by atoms with Gasteiger partial charge in [-0.1, -0.05) is 11.6 Å². The number of hydrogen-bond donors (Lipinski definition) is 1. The van der Waals surface area contributed by atoms with Crippen molar-refractivity contribution in [2.75, 3.05) is 26.0 Å². The first-order valence-corrected chi connectivity index (χ1v) is 13.5. The highest BCUT2D eigenvalue weighted by Crippen LogP contribution is 2.45. The summed E-state index contributed by atoms with van der Waals surface area (Å²) >= 11 is 5.91. The lowest BCUT2D eigenvalue weighted by Gasteiger charge is -2.36. The minimum atomic E-state index is -3.85. The van der Waals surface area contributed by atoms with Gasteiger partial charge in [0, 0.05) is 30.7 Å². The molecule has 190 valence electrons. The van der Waals surface area contributed by atoms with E-state index >= 15 is 4.39 Å². The Balaban J connectivity index is 1.40. The van der Waals surface area contributed by atoms with Gasteiger partial charge in [0.1, 0.15) is 29.7 Å². The van der Waals surface area contributed by atoms with Crippen LogP contribution in [-0.2, 0) is 16.6 Å². The molecule has 1 heterocycles. The molecule has 2 aromatic carbocycles. The van der Waals surface area contributed by atoms with E-state index in [1.54, 1.807) is 10.8 Å². The van der Waals surface area contributed by atoms with Crippen molar-refractivity contribution in [3.8, 4) is 5.75 Å². The van der Waals surface area contributed by atoms with Gasteiger partial charge in [0.15, 0.2) is 0 Å². The number of amides is 1. The summed E-state index contributed by atoms with van der Waals surface area (Å²) in [5.74, 6) is -2.22. The molecule has 1 aliphatic carbocycles. The van der Waals surface area contributed by atoms with E-state index in [0.29, 0.717) is 35.8 Å². The number of ether oxygens (including phenoxy) is 1. The number of rotatable bonds is 8. The monoisotopic (exact) mass is 530 g/mol. The van der Waals surface area contributed by atoms with Crippen LogP contribution in [0.1, 0.15) is 53.1 Å². The highest BCUT2D eigenvalue weighted by Gasteiger charge is 2.37. The van der Waals surface area contributed by atoms with Crippen LogP contribution in [0.15, 0.2) is 30.3 Å². The predicted molar refractivity (Wildman–Crippen MR) is 126 cm³/mol. The van der Waals surface area contributed by atoms with Gasteiger partial charge < -0.3 is 4.74 Å². The first-order chi connectivity index (χ1) is 16.4. The molecule has 2 aliphatic rings. The van der Waals surface area contributed by atoms with Crippen molar-refractivity contribution < 1.29 is 31.1 Å². The van der Waals surface area contributed by atoms with Crippen molar-refractivity contribution in [1.82, 2.24) is 9.62 Å². The molecular weight excluding hydrogens is 505 g/mol. The molecule has 2 aromatic rings. The summed E-state index contributed by atoms with van der Waals surface area (Å²) in [4.78, 5) is 14.2. The lowest BCUT2D eigenvalue weighted by Crippen LogP contribution is -2.44. The van der Waals surface area contributed by atoms with Gasteiger partial charge in [0.25, 0.3) is 5.91 Å². The second-order valence-electron chi connectivity index (χ2n) is 9.34. The molecule has 11 heteroatoms. The number of carbonyl (C=O) groups is 1. The lowest BCUT2D eigenvalue weighted by molar-refractivity contribution is 0.0148. The van der Waals surface area contributed by atoms with Gasteiger partial charge in [-0.15, -0.1) is 0 Å². The molecule has 1 saturated heterocycles. The maximum Gasteiger partial charge on any atom is 0.267 e. The Bertz CT molecular complexity index is 1210. The van der Waals surface area contributed by atoms with Crippen LogP contribution in [0, 0.1) is 11.6 Å². The Kier molecular flexibility index (Phi) is 7.36. The van der Waals surface area contributed by atoms with Crippen LogP contribution in [0.5, 0.6) is 5.75 Å². The second kappa shape index (κ2) is 9.99. The van der Waals surface area contributed by atoms with Crippen molar-refractivity contribution in [3.63, 3.8) is 0 Å². The van der Waals surface area contributed by atoms with Crippen LogP contribution >= 0.6 is 11.6 Å². The third-order valence-electron chi connectivity index (χ3n) is 6.21. The van der Waals surface area contributed by atoms with E-state index in [9.17, 15) is 22.0 Å². The second-order valence-corrected chi connectivity index (χ2v) is 11.5. The van der Waals surface area contributed by atoms with E-state index in [2.05, 4.69) is 0 Å². The fourth-order valence-electron chi connectivity index (χ4n) is 4.23. The third-order valence-corrected chi connectivity index (χ3v) is 6.98. The maximum atomic E-state index is 15.5. The largest absolute Gasteiger partial charge is 0.490 e. The fourth-order valence-corrected chi connectivity index (χ4v) is 4.92. The average molecular weight is 531 g/mol. The molecule has 0 bridgehead atoms. The normalized spacial score (nSPS) is 18.3. The third kappa shape index (κ3) is 6.89. The highest BCUT2D eigenvalue weighted by molar-refractivity contribution is 7.89. The first-order valence-electron chi connectivity index (χ1n) is 11.3. The number of nitrogens with one attached hydrogen (secondary N) is 1. The van der Waals surface area contributed by atoms with E-state index < -0.39 is 38.8 Å². The Labute approximate surface area is 207 Å². The summed E-state index contributed by atoms with van der Waals surface area (Å²) in [5, 5.41) is 0.309. The van der Waals surface area contributed by atoms with Crippen molar-refractivity contribution in [2.24, 2.45) is 0 Å². The van der Waals surface area contributed by atoms with Gasteiger partial charge in [-0.05, 0) is 67.0 Å². The van der Waals surface area contributed by atoms with Gasteiger partial charge in [-0.2, -0.15) is 0 Å². The molecule has 35 heavy (non-hydrogen) atoms. The van der Waals surface area contributed by atoms with Crippen LogP contribution < -0.4 is 9.46 Å². The highest BCUT2D eigenvalue weighted by atomic mass is 35.5. The standard InChI is InChI=1S/C24H26ClF3N2O4S/c1-35(32,33)29-23(31)20-11-19(16-2-3-16)22(12-21(20)27)34-14-24(28)4-6-30(7-5-24)13-15-8-17(25)10-18(26)9-15/h8-12,16H,2-7,13-14H2,1H3,(H,29,31). The van der Waals surface area contributed by atoms with E-state index in [0.717, 1.165) is 25.2 Å². The Hall–Kier alpha value is -2.30. The number of nitrogens with zero attached hydrogens (tertiary/aromatic N) is 1. The zero-order valence-electron chi connectivity index (χ0n) is 19.1. The number of carbonyl (C=O) groups excluding carboxylic acids is 1. The molecule has 4 rings (SSSR count). The van der Waals surface area contributed by atoms with Crippen LogP contribution in [-0.4, -0.2) is 50.8 Å². The minimum Gasteiger partial charge on any atom is -0.490 e. The molecule has 2 fully saturated rings. The molecule has 1 amide bonds. The zero-order chi connectivity index (χ0) is 25.4. The molecule has 6 nitrogen and oxygen atoms in total. The number of likely N-dealkylation sites (tertiary alicyclic amines) is 1. The zero-order valence-corrected chi connectivity index (χ0v) is 20.7. The number of piperidine rings is 1. The molecule has 1 aliphatic heterocycles. The van der Waals surface area contributed by atoms with Gasteiger partial charge in [-0.3, -0.25) is 9.69 Å². The van der Waals surface area contributed by atoms with Crippen molar-refractivity contribution in [1.29, 1.82) is 0 Å². The van der Waals surface area contributed by atoms with Crippen molar-refractivity contribution in [3.05, 3.63) is 63.7 Å². The smallest absolute Gasteiger partial charge is 0.267 e. The topological polar surface area (TPSA) is 75.7 Å². The lowest BCUT2D eigenvalue weighted by atomic mass is 9.93. The van der Waals surface area contributed by atoms with E-state index in [1.807, 2.05) is 4.90 Å². The fraction of sp³-hybridized carbons (Fsp3) is 0.458. The summed E-state index contributed by atoms with van der Waals surface area (Å²) < 4.78 is 73.9. The molecule has 0 spiro atoms. The average Bonchev–Trinajstić information content (AvgIpc) is 3.57. The molecule has 0 unspecified atom stereocenters. The number of sulfonamides is 1. The number of halogens is 4. The van der Waals surface area contributed by atoms with E-state index in [4.69, 9.17) is 16.3 Å². The van der Waals surface area contributed by atoms with E-state index in [-0.39, 0.29) is 31.1 Å². The Morgan fingerprint density at radius 1 is 1.17 bits per heavy atom. The van der Waals surface area contributed by atoms with Crippen LogP contribution in [0.4, 0.5) is 13.2 Å². The van der Waals surface area contributed by atoms with E-state index in [1.165, 1.54) is 18.2 Å². The van der Waals surface area contributed by atoms with Gasteiger partial charge in [0.05, 0.1) is 11.8 Å². The number of alkyl halides is 1. The summed E-state index contributed by atoms with van der Waals surface area (Å²) in [5.41, 5.74) is -0.749. The summed E-state index contributed by atoms with van der Waals surface area (Å²) in [7, 11) is -3.85. The van der Waals surface area contributed by atoms with Crippen LogP contribution in [0.25, 0.3) is 0 Å². The van der Waals surface area contributed by atoms with Crippen LogP contribution in [0.3, 0.4) is 0 Å². The molecule has 1 saturated carbocycles. The molecule has 0 radical (unpaired) electrons. The number of hydrogen-bond acceptors (Lipinski definition) is 5. The summed E-state index contributed by atoms with van der Waals surface area (Å²) in [6.45, 7) is 1.04. The summed E-state index contributed by atoms with van der Waals surface area (Å²) in [6.07, 6.45) is 2.81. The molecular formula is C24H26ClF3N2O4S. The molecule has 1 N–H and O–H groups in total. The predicted octanol–water partition coefficient (Wildman–Crippen LogP) is 4.57. The van der Waals surface area contributed by atoms with Gasteiger partial charge in [0.2, 0.25) is 10.0 Å². The van der Waals surface area contributed by atoms with Crippen molar-refractivity contribution >= 4 is 27.5 Å². The number of benzene rings is 2. The summed E-state index contributed by atoms with van der Waals surface area (Å²) in [6, 6.07) is 6.63. The molecule has 0 atom stereocenters. The minimum absolute atomic E-state index is 0.0471.